The smallest absolute Gasteiger partial charge is 0.282 e. The number of furan rings is 1. The highest BCUT2D eigenvalue weighted by Gasteiger charge is 2.35. The zero-order valence-corrected chi connectivity index (χ0v) is 15.6. The Bertz CT molecular complexity index is 1320. The number of nitrogens with zero attached hydrogens (tertiary/aromatic N) is 1. The van der Waals surface area contributed by atoms with Crippen LogP contribution in [0.3, 0.4) is 0 Å². The molecule has 2 aliphatic rings. The molecule has 0 atom stereocenters. The maximum Gasteiger partial charge on any atom is 0.282 e. The van der Waals surface area contributed by atoms with Crippen LogP contribution in [-0.2, 0) is 9.59 Å². The van der Waals surface area contributed by atoms with Crippen molar-refractivity contribution in [2.45, 2.75) is 0 Å². The number of benzene rings is 2. The fourth-order valence-corrected chi connectivity index (χ4v) is 3.38. The molecule has 9 heteroatoms. The highest BCUT2D eigenvalue weighted by Crippen LogP contribution is 2.28. The molecule has 8 nitrogen and oxygen atoms in total. The Morgan fingerprint density at radius 1 is 0.839 bits per heavy atom. The van der Waals surface area contributed by atoms with Gasteiger partial charge in [-0.1, -0.05) is 6.07 Å². The number of amides is 4. The Hall–Kier alpha value is -4.53. The molecule has 3 aromatic rings. The third kappa shape index (κ3) is 3.08. The predicted molar refractivity (Wildman–Crippen MR) is 106 cm³/mol. The van der Waals surface area contributed by atoms with E-state index in [1.54, 1.807) is 18.2 Å². The standard InChI is InChI=1S/C22H12FN3O5/c23-12-2-4-13(5-3-12)26-22(30)17(21(29)25-26)10-14-6-8-18(31-14)11-1-7-15-16(9-11)20(28)24-19(15)27/h1-10H,(H,25,29)(H,24,27,28)/b17-10+. The molecule has 2 aromatic carbocycles. The second-order valence-corrected chi connectivity index (χ2v) is 6.86. The molecule has 0 radical (unpaired) electrons. The minimum absolute atomic E-state index is 0.149. The van der Waals surface area contributed by atoms with Crippen LogP contribution < -0.4 is 15.8 Å². The molecule has 31 heavy (non-hydrogen) atoms. The SMILES string of the molecule is O=C1NN(c2ccc(F)cc2)C(=O)/C1=C/c1ccc(-c2ccc3c(c2)C(=O)NC3=O)o1. The van der Waals surface area contributed by atoms with E-state index in [0.717, 1.165) is 5.01 Å². The number of fused-ring (bicyclic) bond motifs is 1. The van der Waals surface area contributed by atoms with Gasteiger partial charge in [-0.3, -0.25) is 29.9 Å². The molecule has 1 saturated heterocycles. The van der Waals surface area contributed by atoms with E-state index in [4.69, 9.17) is 4.42 Å². The number of rotatable bonds is 3. The molecule has 1 aromatic heterocycles. The van der Waals surface area contributed by atoms with Crippen molar-refractivity contribution < 1.29 is 28.0 Å². The van der Waals surface area contributed by atoms with Gasteiger partial charge in [-0.25, -0.2) is 9.40 Å². The summed E-state index contributed by atoms with van der Waals surface area (Å²) in [5, 5.41) is 3.24. The van der Waals surface area contributed by atoms with Crippen LogP contribution in [0.25, 0.3) is 17.4 Å². The molecule has 0 aliphatic carbocycles. The van der Waals surface area contributed by atoms with Crippen molar-refractivity contribution in [3.8, 4) is 11.3 Å². The van der Waals surface area contributed by atoms with Gasteiger partial charge in [0, 0.05) is 5.56 Å². The Labute approximate surface area is 173 Å². The number of hydrogen-bond donors (Lipinski definition) is 2. The van der Waals surface area contributed by atoms with Crippen LogP contribution in [0.4, 0.5) is 10.1 Å². The summed E-state index contributed by atoms with van der Waals surface area (Å²) in [5.41, 5.74) is 3.68. The zero-order chi connectivity index (χ0) is 21.7. The van der Waals surface area contributed by atoms with E-state index >= 15 is 0 Å². The van der Waals surface area contributed by atoms with E-state index in [2.05, 4.69) is 10.7 Å². The number of halogens is 1. The zero-order valence-electron chi connectivity index (χ0n) is 15.6. The van der Waals surface area contributed by atoms with Gasteiger partial charge in [-0.05, 0) is 54.6 Å². The molecule has 5 rings (SSSR count). The molecule has 152 valence electrons. The first-order valence-electron chi connectivity index (χ1n) is 9.13. The molecule has 4 amide bonds. The van der Waals surface area contributed by atoms with Crippen molar-refractivity contribution in [3.63, 3.8) is 0 Å². The first-order valence-corrected chi connectivity index (χ1v) is 9.13. The van der Waals surface area contributed by atoms with E-state index in [-0.39, 0.29) is 22.5 Å². The summed E-state index contributed by atoms with van der Waals surface area (Å²) in [7, 11) is 0. The van der Waals surface area contributed by atoms with Gasteiger partial charge in [0.05, 0.1) is 16.8 Å². The van der Waals surface area contributed by atoms with Gasteiger partial charge in [-0.2, -0.15) is 0 Å². The van der Waals surface area contributed by atoms with Gasteiger partial charge in [0.1, 0.15) is 22.9 Å². The Balaban J connectivity index is 1.43. The van der Waals surface area contributed by atoms with Crippen LogP contribution in [0.2, 0.25) is 0 Å². The average molecular weight is 417 g/mol. The fourth-order valence-electron chi connectivity index (χ4n) is 3.38. The minimum Gasteiger partial charge on any atom is -0.457 e. The van der Waals surface area contributed by atoms with Crippen LogP contribution in [0, 0.1) is 5.82 Å². The predicted octanol–water partition coefficient (Wildman–Crippen LogP) is 2.43. The number of anilines is 1. The lowest BCUT2D eigenvalue weighted by atomic mass is 10.0. The third-order valence-corrected chi connectivity index (χ3v) is 4.91. The lowest BCUT2D eigenvalue weighted by Crippen LogP contribution is -2.35. The summed E-state index contributed by atoms with van der Waals surface area (Å²) in [6.45, 7) is 0. The van der Waals surface area contributed by atoms with Crippen molar-refractivity contribution in [1.82, 2.24) is 10.7 Å². The van der Waals surface area contributed by atoms with Gasteiger partial charge in [0.15, 0.2) is 0 Å². The van der Waals surface area contributed by atoms with Crippen molar-refractivity contribution in [1.29, 1.82) is 0 Å². The molecule has 0 saturated carbocycles. The van der Waals surface area contributed by atoms with Crippen molar-refractivity contribution in [3.05, 3.63) is 82.9 Å². The molecular formula is C22H12FN3O5. The summed E-state index contributed by atoms with van der Waals surface area (Å²) in [5.74, 6) is -1.99. The van der Waals surface area contributed by atoms with Crippen LogP contribution in [0.5, 0.6) is 0 Å². The summed E-state index contributed by atoms with van der Waals surface area (Å²) in [6, 6.07) is 13.0. The molecule has 3 heterocycles. The monoisotopic (exact) mass is 417 g/mol. The second kappa shape index (κ2) is 6.77. The van der Waals surface area contributed by atoms with Crippen LogP contribution in [-0.4, -0.2) is 23.6 Å². The van der Waals surface area contributed by atoms with E-state index in [0.29, 0.717) is 17.0 Å². The maximum absolute atomic E-state index is 13.1. The average Bonchev–Trinajstić information content (AvgIpc) is 3.42. The van der Waals surface area contributed by atoms with Crippen LogP contribution in [0.1, 0.15) is 26.5 Å². The van der Waals surface area contributed by atoms with E-state index < -0.39 is 29.4 Å². The summed E-state index contributed by atoms with van der Waals surface area (Å²) in [4.78, 5) is 48.4. The number of hydrogen-bond acceptors (Lipinski definition) is 5. The van der Waals surface area contributed by atoms with Crippen molar-refractivity contribution in [2.75, 3.05) is 5.01 Å². The molecule has 2 aliphatic heterocycles. The van der Waals surface area contributed by atoms with Crippen LogP contribution in [0.15, 0.2) is 64.6 Å². The topological polar surface area (TPSA) is 109 Å². The Morgan fingerprint density at radius 3 is 2.35 bits per heavy atom. The quantitative estimate of drug-likeness (QED) is 0.387. The fraction of sp³-hybridized carbons (Fsp3) is 0. The molecule has 0 spiro atoms. The number of nitrogens with one attached hydrogen (secondary N) is 2. The summed E-state index contributed by atoms with van der Waals surface area (Å²) in [6.07, 6.45) is 1.30. The van der Waals surface area contributed by atoms with E-state index in [9.17, 15) is 23.6 Å². The highest BCUT2D eigenvalue weighted by molar-refractivity contribution is 6.31. The number of carbonyl (C=O) groups excluding carboxylic acids is 4. The van der Waals surface area contributed by atoms with Gasteiger partial charge in [-0.15, -0.1) is 0 Å². The summed E-state index contributed by atoms with van der Waals surface area (Å²) >= 11 is 0. The first kappa shape index (κ1) is 18.5. The number of carbonyl (C=O) groups is 4. The molecular weight excluding hydrogens is 405 g/mol. The lowest BCUT2D eigenvalue weighted by Gasteiger charge is -2.14. The molecule has 0 bridgehead atoms. The normalized spacial score (nSPS) is 16.7. The van der Waals surface area contributed by atoms with E-state index in [1.165, 1.54) is 42.5 Å². The minimum atomic E-state index is -0.625. The highest BCUT2D eigenvalue weighted by atomic mass is 19.1. The van der Waals surface area contributed by atoms with Crippen molar-refractivity contribution >= 4 is 35.4 Å². The summed E-state index contributed by atoms with van der Waals surface area (Å²) < 4.78 is 18.8. The van der Waals surface area contributed by atoms with Gasteiger partial charge < -0.3 is 4.42 Å². The third-order valence-electron chi connectivity index (χ3n) is 4.91. The van der Waals surface area contributed by atoms with Crippen molar-refractivity contribution in [2.24, 2.45) is 0 Å². The Morgan fingerprint density at radius 2 is 1.58 bits per heavy atom. The lowest BCUT2D eigenvalue weighted by molar-refractivity contribution is -0.117. The molecule has 0 unspecified atom stereocenters. The molecule has 1 fully saturated rings. The molecule has 2 N–H and O–H groups in total. The van der Waals surface area contributed by atoms with Gasteiger partial charge >= 0.3 is 0 Å². The Kier molecular flexibility index (Phi) is 4.04. The first-order chi connectivity index (χ1) is 14.9. The van der Waals surface area contributed by atoms with E-state index in [1.807, 2.05) is 0 Å². The second-order valence-electron chi connectivity index (χ2n) is 6.86. The number of imide groups is 1. The van der Waals surface area contributed by atoms with Crippen LogP contribution >= 0.6 is 0 Å². The maximum atomic E-state index is 13.1. The van der Waals surface area contributed by atoms with Gasteiger partial charge in [0.2, 0.25) is 0 Å². The number of hydrazine groups is 1. The largest absolute Gasteiger partial charge is 0.457 e. The van der Waals surface area contributed by atoms with Gasteiger partial charge in [0.25, 0.3) is 23.6 Å².